The Morgan fingerprint density at radius 1 is 1.58 bits per heavy atom. The maximum atomic E-state index is 12.5. The molecule has 1 aromatic rings. The fourth-order valence-electron chi connectivity index (χ4n) is 1.81. The van der Waals surface area contributed by atoms with E-state index in [0.717, 1.165) is 17.9 Å². The fourth-order valence-corrected chi connectivity index (χ4v) is 1.81. The summed E-state index contributed by atoms with van der Waals surface area (Å²) in [6.07, 6.45) is 1.63. The topological polar surface area (TPSA) is 54.5 Å². The van der Waals surface area contributed by atoms with Crippen LogP contribution >= 0.6 is 0 Å². The smallest absolute Gasteiger partial charge is 0.257 e. The molecule has 0 aliphatic heterocycles. The molecule has 106 valence electrons. The minimum atomic E-state index is -0.0481. The number of aryl methyl sites for hydroxylation is 1. The lowest BCUT2D eigenvalue weighted by atomic mass is 10.1. The molecule has 1 heterocycles. The molecular formula is C14H23N3O2. The summed E-state index contributed by atoms with van der Waals surface area (Å²) < 4.78 is 5.08. The maximum Gasteiger partial charge on any atom is 0.257 e. The van der Waals surface area contributed by atoms with Crippen LogP contribution in [0.3, 0.4) is 0 Å². The van der Waals surface area contributed by atoms with Crippen molar-refractivity contribution in [1.82, 2.24) is 9.88 Å². The summed E-state index contributed by atoms with van der Waals surface area (Å²) in [6.45, 7) is 7.14. The summed E-state index contributed by atoms with van der Waals surface area (Å²) in [5.74, 6) is -0.0481. The van der Waals surface area contributed by atoms with Gasteiger partial charge in [0.15, 0.2) is 0 Å². The normalized spacial score (nSPS) is 12.1. The summed E-state index contributed by atoms with van der Waals surface area (Å²) in [6, 6.07) is 1.92. The zero-order chi connectivity index (χ0) is 14.4. The van der Waals surface area contributed by atoms with E-state index in [-0.39, 0.29) is 11.9 Å². The second-order valence-corrected chi connectivity index (χ2v) is 4.62. The predicted octanol–water partition coefficient (Wildman–Crippen LogP) is 1.93. The van der Waals surface area contributed by atoms with Gasteiger partial charge in [0.1, 0.15) is 0 Å². The van der Waals surface area contributed by atoms with Gasteiger partial charge in [-0.25, -0.2) is 0 Å². The molecule has 0 aliphatic rings. The molecule has 0 aromatic carbocycles. The van der Waals surface area contributed by atoms with Gasteiger partial charge in [0.2, 0.25) is 0 Å². The number of pyridine rings is 1. The number of anilines is 1. The lowest BCUT2D eigenvalue weighted by molar-refractivity contribution is 0.0634. The first kappa shape index (κ1) is 15.4. The van der Waals surface area contributed by atoms with E-state index in [4.69, 9.17) is 4.74 Å². The van der Waals surface area contributed by atoms with Gasteiger partial charge in [0.25, 0.3) is 5.91 Å². The van der Waals surface area contributed by atoms with Crippen molar-refractivity contribution in [3.05, 3.63) is 23.5 Å². The number of aromatic nitrogens is 1. The van der Waals surface area contributed by atoms with E-state index in [0.29, 0.717) is 12.2 Å². The highest BCUT2D eigenvalue weighted by Crippen LogP contribution is 2.18. The molecule has 1 N–H and O–H groups in total. The predicted molar refractivity (Wildman–Crippen MR) is 76.6 cm³/mol. The molecule has 0 aliphatic carbocycles. The first-order chi connectivity index (χ1) is 9.01. The maximum absolute atomic E-state index is 12.5. The molecule has 1 rings (SSSR count). The Morgan fingerprint density at radius 3 is 2.84 bits per heavy atom. The highest BCUT2D eigenvalue weighted by Gasteiger charge is 2.20. The zero-order valence-electron chi connectivity index (χ0n) is 12.4. The van der Waals surface area contributed by atoms with E-state index in [1.165, 1.54) is 0 Å². The number of nitrogens with one attached hydrogen (secondary N) is 1. The number of carbonyl (C=O) groups excluding carboxylic acids is 1. The van der Waals surface area contributed by atoms with Crippen LogP contribution in [0.15, 0.2) is 12.3 Å². The Labute approximate surface area is 115 Å². The number of amides is 1. The molecule has 0 saturated carbocycles. The third kappa shape index (κ3) is 3.92. The fraction of sp³-hybridized carbons (Fsp3) is 0.571. The highest BCUT2D eigenvalue weighted by molar-refractivity contribution is 5.99. The summed E-state index contributed by atoms with van der Waals surface area (Å²) in [4.78, 5) is 18.3. The Kier molecular flexibility index (Phi) is 5.76. The van der Waals surface area contributed by atoms with E-state index in [2.05, 4.69) is 10.3 Å². The number of hydrogen-bond acceptors (Lipinski definition) is 4. The van der Waals surface area contributed by atoms with Gasteiger partial charge < -0.3 is 15.0 Å². The quantitative estimate of drug-likeness (QED) is 0.854. The Hall–Kier alpha value is -1.62. The molecule has 0 fully saturated rings. The van der Waals surface area contributed by atoms with Crippen LogP contribution in [-0.4, -0.2) is 49.1 Å². The second kappa shape index (κ2) is 7.09. The third-order valence-electron chi connectivity index (χ3n) is 3.03. The van der Waals surface area contributed by atoms with Gasteiger partial charge in [0, 0.05) is 32.6 Å². The van der Waals surface area contributed by atoms with E-state index >= 15 is 0 Å². The average Bonchev–Trinajstić information content (AvgIpc) is 2.38. The molecule has 1 amide bonds. The van der Waals surface area contributed by atoms with Crippen molar-refractivity contribution in [2.75, 3.05) is 32.6 Å². The zero-order valence-corrected chi connectivity index (χ0v) is 12.4. The van der Waals surface area contributed by atoms with E-state index in [9.17, 15) is 4.79 Å². The van der Waals surface area contributed by atoms with E-state index in [1.807, 2.05) is 26.8 Å². The number of ether oxygens (including phenoxy) is 1. The first-order valence-corrected chi connectivity index (χ1v) is 6.47. The lowest BCUT2D eigenvalue weighted by Crippen LogP contribution is -2.38. The Balaban J connectivity index is 2.98. The van der Waals surface area contributed by atoms with Crippen LogP contribution in [0.4, 0.5) is 5.69 Å². The molecule has 5 nitrogen and oxygen atoms in total. The van der Waals surface area contributed by atoms with Crippen molar-refractivity contribution < 1.29 is 9.53 Å². The van der Waals surface area contributed by atoms with Gasteiger partial charge >= 0.3 is 0 Å². The molecule has 0 bridgehead atoms. The van der Waals surface area contributed by atoms with Gasteiger partial charge in [-0.15, -0.1) is 0 Å². The number of methoxy groups -OCH3 is 1. The monoisotopic (exact) mass is 265 g/mol. The molecule has 5 heteroatoms. The van der Waals surface area contributed by atoms with Crippen LogP contribution in [0.2, 0.25) is 0 Å². The summed E-state index contributed by atoms with van der Waals surface area (Å²) in [7, 11) is 3.41. The van der Waals surface area contributed by atoms with Gasteiger partial charge in [0.05, 0.1) is 23.9 Å². The summed E-state index contributed by atoms with van der Waals surface area (Å²) >= 11 is 0. The van der Waals surface area contributed by atoms with Crippen molar-refractivity contribution >= 4 is 11.6 Å². The molecular weight excluding hydrogens is 242 g/mol. The van der Waals surface area contributed by atoms with Crippen LogP contribution in [0, 0.1) is 6.92 Å². The van der Waals surface area contributed by atoms with Crippen molar-refractivity contribution in [3.8, 4) is 0 Å². The van der Waals surface area contributed by atoms with Crippen molar-refractivity contribution in [2.45, 2.75) is 26.8 Å². The van der Waals surface area contributed by atoms with Crippen LogP contribution in [0.25, 0.3) is 0 Å². The number of carbonyl (C=O) groups is 1. The number of likely N-dealkylation sites (N-methyl/N-ethyl adjacent to an activating group) is 1. The van der Waals surface area contributed by atoms with E-state index < -0.39 is 0 Å². The Morgan fingerprint density at radius 2 is 2.26 bits per heavy atom. The molecule has 0 spiro atoms. The van der Waals surface area contributed by atoms with Crippen LogP contribution in [-0.2, 0) is 4.74 Å². The van der Waals surface area contributed by atoms with Crippen molar-refractivity contribution in [1.29, 1.82) is 0 Å². The van der Waals surface area contributed by atoms with Gasteiger partial charge in [-0.3, -0.25) is 9.78 Å². The SMILES string of the molecule is CCNc1cc(C)ncc1C(=O)N(C)C(C)COC. The highest BCUT2D eigenvalue weighted by atomic mass is 16.5. The largest absolute Gasteiger partial charge is 0.385 e. The molecule has 1 aromatic heterocycles. The Bertz CT molecular complexity index is 435. The lowest BCUT2D eigenvalue weighted by Gasteiger charge is -2.25. The molecule has 1 unspecified atom stereocenters. The van der Waals surface area contributed by atoms with Crippen LogP contribution in [0.5, 0.6) is 0 Å². The first-order valence-electron chi connectivity index (χ1n) is 6.47. The van der Waals surface area contributed by atoms with Crippen LogP contribution in [0.1, 0.15) is 29.9 Å². The molecule has 0 radical (unpaired) electrons. The molecule has 19 heavy (non-hydrogen) atoms. The molecule has 1 atom stereocenters. The number of nitrogens with zero attached hydrogens (tertiary/aromatic N) is 2. The van der Waals surface area contributed by atoms with Gasteiger partial charge in [-0.2, -0.15) is 0 Å². The van der Waals surface area contributed by atoms with Crippen molar-refractivity contribution in [2.24, 2.45) is 0 Å². The van der Waals surface area contributed by atoms with Gasteiger partial charge in [-0.05, 0) is 26.8 Å². The summed E-state index contributed by atoms with van der Waals surface area (Å²) in [5, 5.41) is 3.20. The summed E-state index contributed by atoms with van der Waals surface area (Å²) in [5.41, 5.74) is 2.31. The number of hydrogen-bond donors (Lipinski definition) is 1. The van der Waals surface area contributed by atoms with Gasteiger partial charge in [-0.1, -0.05) is 0 Å². The second-order valence-electron chi connectivity index (χ2n) is 4.62. The van der Waals surface area contributed by atoms with E-state index in [1.54, 1.807) is 25.3 Å². The van der Waals surface area contributed by atoms with Crippen molar-refractivity contribution in [3.63, 3.8) is 0 Å². The average molecular weight is 265 g/mol. The standard InChI is InChI=1S/C14H23N3O2/c1-6-15-13-7-10(2)16-8-12(13)14(18)17(4)11(3)9-19-5/h7-8,11H,6,9H2,1-5H3,(H,15,16). The molecule has 0 saturated heterocycles. The third-order valence-corrected chi connectivity index (χ3v) is 3.03. The minimum absolute atomic E-state index is 0.0216. The van der Waals surface area contributed by atoms with Crippen LogP contribution < -0.4 is 5.32 Å². The minimum Gasteiger partial charge on any atom is -0.385 e. The number of rotatable bonds is 6.